The van der Waals surface area contributed by atoms with Gasteiger partial charge in [0, 0.05) is 6.04 Å². The van der Waals surface area contributed by atoms with E-state index in [0.29, 0.717) is 0 Å². The van der Waals surface area contributed by atoms with Crippen LogP contribution in [-0.4, -0.2) is 23.5 Å². The molecule has 0 aromatic rings. The monoisotopic (exact) mass is 145 g/mol. The zero-order valence-electron chi connectivity index (χ0n) is 6.07. The summed E-state index contributed by atoms with van der Waals surface area (Å²) in [4.78, 5) is 20.2. The van der Waals surface area contributed by atoms with E-state index in [9.17, 15) is 9.70 Å². The summed E-state index contributed by atoms with van der Waals surface area (Å²) in [6, 6.07) is -0.0787. The van der Waals surface area contributed by atoms with Crippen LogP contribution in [0.5, 0.6) is 0 Å². The van der Waals surface area contributed by atoms with Crippen molar-refractivity contribution >= 4 is 5.91 Å². The molecule has 0 aliphatic carbocycles. The lowest BCUT2D eigenvalue weighted by Crippen LogP contribution is -2.34. The van der Waals surface area contributed by atoms with Crippen LogP contribution < -0.4 is 5.73 Å². The molecule has 2 N–H and O–H groups in total. The lowest BCUT2D eigenvalue weighted by atomic mass is 10.4. The number of rotatable bonds is 4. The summed E-state index contributed by atoms with van der Waals surface area (Å²) in [5, 5.41) is 3.70. The molecule has 0 aliphatic heterocycles. The topological polar surface area (TPSA) is 75.8 Å². The number of nitroso groups, excluding NO2 is 1. The van der Waals surface area contributed by atoms with Gasteiger partial charge in [-0.15, -0.1) is 4.91 Å². The first-order chi connectivity index (χ1) is 4.57. The summed E-state index contributed by atoms with van der Waals surface area (Å²) in [5.41, 5.74) is 4.83. The molecule has 0 bridgehead atoms. The molecule has 5 nitrogen and oxygen atoms in total. The second-order valence-electron chi connectivity index (χ2n) is 2.24. The Labute approximate surface area is 59.1 Å². The number of carbonyl (C=O) groups excluding carboxylic acids is 1. The maximum Gasteiger partial charge on any atom is 0.238 e. The van der Waals surface area contributed by atoms with Gasteiger partial charge in [-0.2, -0.15) is 0 Å². The molecule has 0 fully saturated rings. The predicted octanol–water partition coefficient (Wildman–Crippen LogP) is -0.136. The Hall–Kier alpha value is -1.13. The molecule has 0 aromatic heterocycles. The van der Waals surface area contributed by atoms with Crippen molar-refractivity contribution in [1.82, 2.24) is 5.01 Å². The van der Waals surface area contributed by atoms with E-state index in [0.717, 1.165) is 5.01 Å². The van der Waals surface area contributed by atoms with Gasteiger partial charge in [-0.3, -0.25) is 4.79 Å². The zero-order chi connectivity index (χ0) is 8.15. The maximum atomic E-state index is 10.3. The summed E-state index contributed by atoms with van der Waals surface area (Å²) in [6.07, 6.45) is 0. The zero-order valence-corrected chi connectivity index (χ0v) is 6.07. The first kappa shape index (κ1) is 8.87. The Balaban J connectivity index is 3.83. The minimum absolute atomic E-state index is 0.0787. The van der Waals surface area contributed by atoms with Crippen LogP contribution in [0.25, 0.3) is 0 Å². The molecule has 0 heterocycles. The Kier molecular flexibility index (Phi) is 3.38. The first-order valence-corrected chi connectivity index (χ1v) is 2.96. The van der Waals surface area contributed by atoms with Gasteiger partial charge >= 0.3 is 0 Å². The van der Waals surface area contributed by atoms with E-state index in [1.165, 1.54) is 0 Å². The highest BCUT2D eigenvalue weighted by molar-refractivity contribution is 5.75. The average Bonchev–Trinajstić information content (AvgIpc) is 1.81. The molecule has 0 atom stereocenters. The normalized spacial score (nSPS) is 9.50. The van der Waals surface area contributed by atoms with Crippen molar-refractivity contribution in [2.24, 2.45) is 11.0 Å². The highest BCUT2D eigenvalue weighted by Crippen LogP contribution is 1.95. The van der Waals surface area contributed by atoms with Crippen LogP contribution in [0.2, 0.25) is 0 Å². The lowest BCUT2D eigenvalue weighted by molar-refractivity contribution is -0.119. The minimum atomic E-state index is -0.548. The van der Waals surface area contributed by atoms with E-state index in [-0.39, 0.29) is 12.6 Å². The number of nitrogens with two attached hydrogens (primary N) is 1. The molecule has 58 valence electrons. The van der Waals surface area contributed by atoms with E-state index in [1.54, 1.807) is 13.8 Å². The van der Waals surface area contributed by atoms with Crippen molar-refractivity contribution in [1.29, 1.82) is 0 Å². The third-order valence-electron chi connectivity index (χ3n) is 1.02. The van der Waals surface area contributed by atoms with Gasteiger partial charge in [0.1, 0.15) is 6.54 Å². The molecular weight excluding hydrogens is 134 g/mol. The summed E-state index contributed by atoms with van der Waals surface area (Å²) in [7, 11) is 0. The Morgan fingerprint density at radius 1 is 1.70 bits per heavy atom. The van der Waals surface area contributed by atoms with Crippen molar-refractivity contribution in [2.75, 3.05) is 6.54 Å². The fourth-order valence-corrected chi connectivity index (χ4v) is 0.465. The Morgan fingerprint density at radius 3 is 2.30 bits per heavy atom. The fraction of sp³-hybridized carbons (Fsp3) is 0.800. The first-order valence-electron chi connectivity index (χ1n) is 2.96. The molecule has 0 aliphatic rings. The van der Waals surface area contributed by atoms with Crippen LogP contribution in [0.1, 0.15) is 13.8 Å². The molecule has 0 unspecified atom stereocenters. The molecule has 1 amide bonds. The van der Waals surface area contributed by atoms with Crippen LogP contribution in [0.3, 0.4) is 0 Å². The minimum Gasteiger partial charge on any atom is -0.368 e. The molecule has 0 saturated carbocycles. The largest absolute Gasteiger partial charge is 0.368 e. The number of primary amides is 1. The second kappa shape index (κ2) is 3.81. The fourth-order valence-electron chi connectivity index (χ4n) is 0.465. The average molecular weight is 145 g/mol. The summed E-state index contributed by atoms with van der Waals surface area (Å²) >= 11 is 0. The van der Waals surface area contributed by atoms with Crippen LogP contribution in [-0.2, 0) is 4.79 Å². The molecular formula is C5H11N3O2. The smallest absolute Gasteiger partial charge is 0.238 e. The maximum absolute atomic E-state index is 10.3. The SMILES string of the molecule is CC(C)N(CC(N)=O)N=O. The lowest BCUT2D eigenvalue weighted by Gasteiger charge is -2.16. The summed E-state index contributed by atoms with van der Waals surface area (Å²) in [6.45, 7) is 3.40. The van der Waals surface area contributed by atoms with Crippen LogP contribution >= 0.6 is 0 Å². The van der Waals surface area contributed by atoms with Crippen molar-refractivity contribution in [3.8, 4) is 0 Å². The van der Waals surface area contributed by atoms with E-state index >= 15 is 0 Å². The number of carbonyl (C=O) groups is 1. The number of hydrogen-bond acceptors (Lipinski definition) is 3. The summed E-state index contributed by atoms with van der Waals surface area (Å²) in [5.74, 6) is -0.548. The highest BCUT2D eigenvalue weighted by Gasteiger charge is 2.09. The van der Waals surface area contributed by atoms with Gasteiger partial charge in [-0.1, -0.05) is 0 Å². The predicted molar refractivity (Wildman–Crippen MR) is 36.8 cm³/mol. The number of hydrogen-bond donors (Lipinski definition) is 1. The number of amides is 1. The van der Waals surface area contributed by atoms with Crippen LogP contribution in [0, 0.1) is 4.91 Å². The molecule has 0 radical (unpaired) electrons. The third kappa shape index (κ3) is 3.01. The number of nitrogens with zero attached hydrogens (tertiary/aromatic N) is 2. The molecule has 0 saturated heterocycles. The molecule has 10 heavy (non-hydrogen) atoms. The van der Waals surface area contributed by atoms with E-state index in [1.807, 2.05) is 0 Å². The highest BCUT2D eigenvalue weighted by atomic mass is 16.3. The van der Waals surface area contributed by atoms with E-state index in [4.69, 9.17) is 5.73 Å². The second-order valence-corrected chi connectivity index (χ2v) is 2.24. The standard InChI is InChI=1S/C5H11N3O2/c1-4(2)8(7-10)3-5(6)9/h4H,3H2,1-2H3,(H2,6,9). The van der Waals surface area contributed by atoms with Gasteiger partial charge in [0.2, 0.25) is 5.91 Å². The summed E-state index contributed by atoms with van der Waals surface area (Å²) < 4.78 is 0. The van der Waals surface area contributed by atoms with Crippen molar-refractivity contribution in [2.45, 2.75) is 19.9 Å². The third-order valence-corrected chi connectivity index (χ3v) is 1.02. The van der Waals surface area contributed by atoms with Gasteiger partial charge in [-0.25, -0.2) is 5.01 Å². The van der Waals surface area contributed by atoms with Gasteiger partial charge in [0.25, 0.3) is 0 Å². The van der Waals surface area contributed by atoms with E-state index in [2.05, 4.69) is 5.29 Å². The Bertz CT molecular complexity index is 135. The van der Waals surface area contributed by atoms with Crippen LogP contribution in [0.15, 0.2) is 5.29 Å². The Morgan fingerprint density at radius 2 is 2.20 bits per heavy atom. The van der Waals surface area contributed by atoms with Gasteiger partial charge in [0.15, 0.2) is 0 Å². The van der Waals surface area contributed by atoms with Crippen molar-refractivity contribution in [3.63, 3.8) is 0 Å². The van der Waals surface area contributed by atoms with Crippen molar-refractivity contribution < 1.29 is 4.79 Å². The van der Waals surface area contributed by atoms with Crippen LogP contribution in [0.4, 0.5) is 0 Å². The van der Waals surface area contributed by atoms with Gasteiger partial charge in [-0.05, 0) is 13.8 Å². The molecule has 0 aromatic carbocycles. The quantitative estimate of drug-likeness (QED) is 0.442. The van der Waals surface area contributed by atoms with Crippen molar-refractivity contribution in [3.05, 3.63) is 4.91 Å². The molecule has 5 heteroatoms. The van der Waals surface area contributed by atoms with Gasteiger partial charge in [0.05, 0.1) is 5.29 Å². The van der Waals surface area contributed by atoms with Gasteiger partial charge < -0.3 is 5.73 Å². The molecule has 0 rings (SSSR count). The molecule has 0 spiro atoms. The van der Waals surface area contributed by atoms with E-state index < -0.39 is 5.91 Å².